The molecule has 3 N–H and O–H groups in total. The van der Waals surface area contributed by atoms with Crippen LogP contribution in [0.15, 0.2) is 83.8 Å². The van der Waals surface area contributed by atoms with E-state index in [9.17, 15) is 21.6 Å². The highest BCUT2D eigenvalue weighted by Gasteiger charge is 2.36. The molecule has 0 spiro atoms. The van der Waals surface area contributed by atoms with Gasteiger partial charge in [-0.3, -0.25) is 4.72 Å². The number of nitrogens with zero attached hydrogens (tertiary/aromatic N) is 2. The number of hydrogen-bond donors (Lipinski definition) is 3. The first kappa shape index (κ1) is 25.0. The number of benzene rings is 3. The van der Waals surface area contributed by atoms with Crippen LogP contribution >= 0.6 is 0 Å². The van der Waals surface area contributed by atoms with Gasteiger partial charge in [0.05, 0.1) is 10.5 Å². The summed E-state index contributed by atoms with van der Waals surface area (Å²) in [6, 6.07) is 19.6. The smallest absolute Gasteiger partial charge is 0.340 e. The maximum absolute atomic E-state index is 13.3. The van der Waals surface area contributed by atoms with Crippen molar-refractivity contribution in [1.82, 2.24) is 9.97 Å². The average Bonchev–Trinajstić information content (AvgIpc) is 2.81. The van der Waals surface area contributed by atoms with Crippen LogP contribution < -0.4 is 15.4 Å². The van der Waals surface area contributed by atoms with E-state index < -0.39 is 26.7 Å². The number of nitrogens with one attached hydrogen (secondary N) is 3. The van der Waals surface area contributed by atoms with Gasteiger partial charge in [0.15, 0.2) is 0 Å². The van der Waals surface area contributed by atoms with Crippen molar-refractivity contribution in [2.45, 2.75) is 24.9 Å². The molecule has 0 aliphatic rings. The number of alkyl halides is 3. The third kappa shape index (κ3) is 6.11. The van der Waals surface area contributed by atoms with Crippen LogP contribution in [-0.2, 0) is 16.2 Å². The molecule has 0 radical (unpaired) electrons. The Morgan fingerprint density at radius 1 is 0.750 bits per heavy atom. The van der Waals surface area contributed by atoms with Gasteiger partial charge < -0.3 is 10.6 Å². The molecule has 7 nitrogen and oxygen atoms in total. The lowest BCUT2D eigenvalue weighted by Crippen LogP contribution is -2.18. The predicted octanol–water partition coefficient (Wildman–Crippen LogP) is 6.40. The minimum atomic E-state index is -4.81. The molecule has 0 fully saturated rings. The summed E-state index contributed by atoms with van der Waals surface area (Å²) in [5, 5.41) is 6.26. The SMILES string of the molecule is Cc1ccc(Nc2cc(C)nc(Nc3ccc(NS(=O)(=O)c4ccccc4C(F)(F)F)cc3)n2)cc1. The summed E-state index contributed by atoms with van der Waals surface area (Å²) >= 11 is 0. The Morgan fingerprint density at radius 3 is 2.00 bits per heavy atom. The number of hydrogen-bond acceptors (Lipinski definition) is 6. The molecule has 0 atom stereocenters. The molecule has 4 rings (SSSR count). The molecule has 0 saturated carbocycles. The van der Waals surface area contributed by atoms with E-state index in [1.54, 1.807) is 18.2 Å². The molecule has 36 heavy (non-hydrogen) atoms. The third-order valence-corrected chi connectivity index (χ3v) is 6.49. The van der Waals surface area contributed by atoms with E-state index in [0.717, 1.165) is 35.1 Å². The van der Waals surface area contributed by atoms with Crippen molar-refractivity contribution < 1.29 is 21.6 Å². The standard InChI is InChI=1S/C25H22F3N5O2S/c1-16-7-9-18(10-8-16)30-23-15-17(2)29-24(32-23)31-19-11-13-20(14-12-19)33-36(34,35)22-6-4-3-5-21(22)25(26,27)28/h3-15,33H,1-2H3,(H2,29,30,31,32). The summed E-state index contributed by atoms with van der Waals surface area (Å²) in [5.41, 5.74) is 2.15. The van der Waals surface area contributed by atoms with Crippen LogP contribution in [0.4, 0.5) is 42.0 Å². The summed E-state index contributed by atoms with van der Waals surface area (Å²) in [5.74, 6) is 0.901. The lowest BCUT2D eigenvalue weighted by Gasteiger charge is -2.14. The highest BCUT2D eigenvalue weighted by molar-refractivity contribution is 7.92. The van der Waals surface area contributed by atoms with Crippen molar-refractivity contribution in [2.24, 2.45) is 0 Å². The largest absolute Gasteiger partial charge is 0.417 e. The molecular formula is C25H22F3N5O2S. The topological polar surface area (TPSA) is 96.0 Å². The lowest BCUT2D eigenvalue weighted by molar-refractivity contribution is -0.139. The Kier molecular flexibility index (Phi) is 6.84. The van der Waals surface area contributed by atoms with Crippen LogP contribution in [0.1, 0.15) is 16.8 Å². The zero-order valence-corrected chi connectivity index (χ0v) is 20.1. The Labute approximate surface area is 206 Å². The molecule has 0 amide bonds. The van der Waals surface area contributed by atoms with Gasteiger partial charge in [-0.25, -0.2) is 13.4 Å². The van der Waals surface area contributed by atoms with E-state index in [-0.39, 0.29) is 5.69 Å². The molecule has 0 saturated heterocycles. The van der Waals surface area contributed by atoms with Gasteiger partial charge in [0.2, 0.25) is 5.95 Å². The molecule has 3 aromatic carbocycles. The Bertz CT molecular complexity index is 1470. The molecule has 4 aromatic rings. The van der Waals surface area contributed by atoms with Gasteiger partial charge >= 0.3 is 6.18 Å². The average molecular weight is 514 g/mol. The van der Waals surface area contributed by atoms with Gasteiger partial charge in [0, 0.05) is 28.8 Å². The van der Waals surface area contributed by atoms with Crippen molar-refractivity contribution in [3.63, 3.8) is 0 Å². The van der Waals surface area contributed by atoms with Gasteiger partial charge in [-0.15, -0.1) is 0 Å². The number of rotatable bonds is 7. The van der Waals surface area contributed by atoms with Gasteiger partial charge in [0.25, 0.3) is 10.0 Å². The number of aryl methyl sites for hydroxylation is 2. The molecule has 0 unspecified atom stereocenters. The first-order valence-electron chi connectivity index (χ1n) is 10.8. The summed E-state index contributed by atoms with van der Waals surface area (Å²) in [6.45, 7) is 3.82. The van der Waals surface area contributed by atoms with E-state index in [0.29, 0.717) is 17.5 Å². The van der Waals surface area contributed by atoms with Gasteiger partial charge in [0.1, 0.15) is 5.82 Å². The molecule has 0 bridgehead atoms. The fourth-order valence-corrected chi connectivity index (χ4v) is 4.66. The molecule has 1 heterocycles. The van der Waals surface area contributed by atoms with Crippen molar-refractivity contribution in [1.29, 1.82) is 0 Å². The van der Waals surface area contributed by atoms with Crippen molar-refractivity contribution >= 4 is 38.9 Å². The van der Waals surface area contributed by atoms with Gasteiger partial charge in [-0.1, -0.05) is 29.8 Å². The zero-order valence-electron chi connectivity index (χ0n) is 19.3. The maximum atomic E-state index is 13.3. The number of sulfonamides is 1. The molecule has 1 aromatic heterocycles. The van der Waals surface area contributed by atoms with Crippen molar-refractivity contribution in [3.05, 3.63) is 95.7 Å². The summed E-state index contributed by atoms with van der Waals surface area (Å²) in [7, 11) is -4.47. The fourth-order valence-electron chi connectivity index (χ4n) is 3.37. The van der Waals surface area contributed by atoms with E-state index in [4.69, 9.17) is 0 Å². The molecular weight excluding hydrogens is 491 g/mol. The second-order valence-electron chi connectivity index (χ2n) is 8.01. The van der Waals surface area contributed by atoms with Crippen LogP contribution in [0.2, 0.25) is 0 Å². The molecule has 0 aliphatic carbocycles. The quantitative estimate of drug-likeness (QED) is 0.265. The van der Waals surface area contributed by atoms with Crippen LogP contribution in [-0.4, -0.2) is 18.4 Å². The molecule has 11 heteroatoms. The Hall–Kier alpha value is -4.12. The third-order valence-electron chi connectivity index (χ3n) is 5.05. The summed E-state index contributed by atoms with van der Waals surface area (Å²) in [4.78, 5) is 7.96. The van der Waals surface area contributed by atoms with E-state index >= 15 is 0 Å². The van der Waals surface area contributed by atoms with Crippen LogP contribution in [0.5, 0.6) is 0 Å². The van der Waals surface area contributed by atoms with E-state index in [2.05, 4.69) is 25.3 Å². The zero-order chi connectivity index (χ0) is 25.9. The first-order valence-corrected chi connectivity index (χ1v) is 12.2. The summed E-state index contributed by atoms with van der Waals surface area (Å²) in [6.07, 6.45) is -4.81. The maximum Gasteiger partial charge on any atom is 0.417 e. The highest BCUT2D eigenvalue weighted by Crippen LogP contribution is 2.34. The number of anilines is 5. The van der Waals surface area contributed by atoms with E-state index in [1.165, 1.54) is 18.2 Å². The van der Waals surface area contributed by atoms with Crippen molar-refractivity contribution in [3.8, 4) is 0 Å². The van der Waals surface area contributed by atoms with Gasteiger partial charge in [-0.05, 0) is 62.4 Å². The van der Waals surface area contributed by atoms with Crippen LogP contribution in [0.25, 0.3) is 0 Å². The fraction of sp³-hybridized carbons (Fsp3) is 0.120. The normalized spacial score (nSPS) is 11.7. The molecule has 186 valence electrons. The van der Waals surface area contributed by atoms with Crippen LogP contribution in [0, 0.1) is 13.8 Å². The van der Waals surface area contributed by atoms with Crippen molar-refractivity contribution in [2.75, 3.05) is 15.4 Å². The summed E-state index contributed by atoms with van der Waals surface area (Å²) < 4.78 is 67.2. The minimum Gasteiger partial charge on any atom is -0.340 e. The predicted molar refractivity (Wildman–Crippen MR) is 133 cm³/mol. The second kappa shape index (κ2) is 9.86. The monoisotopic (exact) mass is 513 g/mol. The minimum absolute atomic E-state index is 0.101. The Morgan fingerprint density at radius 2 is 1.33 bits per heavy atom. The highest BCUT2D eigenvalue weighted by atomic mass is 32.2. The van der Waals surface area contributed by atoms with Gasteiger partial charge in [-0.2, -0.15) is 18.2 Å². The first-order chi connectivity index (χ1) is 17.0. The Balaban J connectivity index is 1.49. The van der Waals surface area contributed by atoms with E-state index in [1.807, 2.05) is 38.1 Å². The second-order valence-corrected chi connectivity index (χ2v) is 9.66. The van der Waals surface area contributed by atoms with Crippen LogP contribution in [0.3, 0.4) is 0 Å². The molecule has 0 aliphatic heterocycles. The lowest BCUT2D eigenvalue weighted by atomic mass is 10.2. The number of halogens is 3. The number of aromatic nitrogens is 2.